The maximum Gasteiger partial charge on any atom is 1.00 e. The van der Waals surface area contributed by atoms with Crippen LogP contribution in [0.2, 0.25) is 0 Å². The van der Waals surface area contributed by atoms with Crippen molar-refractivity contribution >= 4 is 87.2 Å². The quantitative estimate of drug-likeness (QED) is 0.0493. The van der Waals surface area contributed by atoms with Crippen molar-refractivity contribution in [1.29, 1.82) is 0 Å². The molecule has 0 aliphatic heterocycles. The molecule has 0 atom stereocenters. The van der Waals surface area contributed by atoms with Gasteiger partial charge in [-0.05, 0) is 85.1 Å². The molecule has 5 aromatic rings. The molecule has 0 aliphatic rings. The van der Waals surface area contributed by atoms with E-state index in [-0.39, 0.29) is 90.9 Å². The number of sulfonamides is 1. The van der Waals surface area contributed by atoms with Crippen molar-refractivity contribution < 1.29 is 73.4 Å². The van der Waals surface area contributed by atoms with Crippen LogP contribution in [0.3, 0.4) is 0 Å². The number of azo groups is 1. The molecule has 0 bridgehead atoms. The van der Waals surface area contributed by atoms with E-state index >= 15 is 0 Å². The van der Waals surface area contributed by atoms with Gasteiger partial charge in [-0.3, -0.25) is 9.10 Å². The summed E-state index contributed by atoms with van der Waals surface area (Å²) in [7, 11) is -13.6. The van der Waals surface area contributed by atoms with Gasteiger partial charge in [0.25, 0.3) is 10.0 Å². The minimum atomic E-state index is -4.76. The molecule has 0 aliphatic carbocycles. The number of rotatable bonds is 11. The van der Waals surface area contributed by atoms with E-state index in [1.54, 1.807) is 6.92 Å². The van der Waals surface area contributed by atoms with Crippen LogP contribution in [-0.2, 0) is 35.1 Å². The average molecular weight is 796 g/mol. The van der Waals surface area contributed by atoms with Gasteiger partial charge in [-0.1, -0.05) is 18.2 Å². The van der Waals surface area contributed by atoms with Crippen LogP contribution in [0.4, 0.5) is 28.4 Å². The number of fused-ring (bicyclic) bond motifs is 1. The maximum absolute atomic E-state index is 13.7. The van der Waals surface area contributed by atoms with Crippen LogP contribution in [-0.4, -0.2) is 47.4 Å². The molecule has 0 heterocycles. The van der Waals surface area contributed by atoms with Gasteiger partial charge < -0.3 is 19.6 Å². The number of hydrogen-bond donors (Lipinski definition) is 2. The van der Waals surface area contributed by atoms with E-state index < -0.39 is 46.8 Å². The molecule has 0 unspecified atom stereocenters. The average Bonchev–Trinajstić information content (AvgIpc) is 3.08. The Morgan fingerprint density at radius 1 is 0.865 bits per heavy atom. The van der Waals surface area contributed by atoms with Crippen molar-refractivity contribution in [2.45, 2.75) is 28.5 Å². The molecule has 0 radical (unpaired) electrons. The standard InChI is InChI=1S/C32H28ClN5O10S3.Na/c1-3-37(22-11-15-25(16-12-22)50(43,44)45)49(41,42)26-18-21-8-17-27(34)32(31(21)29(40)19-26)36-35-28-6-4-5-7-30(28)51(46,47)48-24-13-9-23(10-14-24)38(33)20(2)39;/h4-19,40H,3,34H2,1-2H3,(H,43,44,45);/q;+1/p-1. The largest absolute Gasteiger partial charge is 1.00 e. The van der Waals surface area contributed by atoms with Gasteiger partial charge in [-0.25, -0.2) is 21.3 Å². The van der Waals surface area contributed by atoms with Crippen LogP contribution in [0.1, 0.15) is 13.8 Å². The van der Waals surface area contributed by atoms with Gasteiger partial charge in [0.1, 0.15) is 37.9 Å². The monoisotopic (exact) mass is 795 g/mol. The van der Waals surface area contributed by atoms with Crippen molar-refractivity contribution in [3.63, 3.8) is 0 Å². The molecule has 15 nitrogen and oxygen atoms in total. The Labute approximate surface area is 326 Å². The zero-order valence-corrected chi connectivity index (χ0v) is 32.7. The van der Waals surface area contributed by atoms with Gasteiger partial charge in [0.05, 0.1) is 32.2 Å². The third-order valence-electron chi connectivity index (χ3n) is 7.30. The number of halogens is 1. The summed E-state index contributed by atoms with van der Waals surface area (Å²) in [6.45, 7) is 2.71. The van der Waals surface area contributed by atoms with Crippen molar-refractivity contribution in [3.05, 3.63) is 97.1 Å². The number of phenolic OH excluding ortho intramolecular Hbond substituents is 1. The molecule has 0 aromatic heterocycles. The van der Waals surface area contributed by atoms with E-state index in [4.69, 9.17) is 21.7 Å². The van der Waals surface area contributed by atoms with Crippen LogP contribution in [0.25, 0.3) is 10.8 Å². The number of amides is 1. The van der Waals surface area contributed by atoms with E-state index in [9.17, 15) is 39.7 Å². The predicted molar refractivity (Wildman–Crippen MR) is 189 cm³/mol. The number of hydrogen-bond acceptors (Lipinski definition) is 13. The van der Waals surface area contributed by atoms with Gasteiger partial charge in [0.15, 0.2) is 0 Å². The van der Waals surface area contributed by atoms with E-state index in [1.807, 2.05) is 0 Å². The van der Waals surface area contributed by atoms with Crippen molar-refractivity contribution in [2.24, 2.45) is 10.2 Å². The molecular weight excluding hydrogens is 769 g/mol. The first-order chi connectivity index (χ1) is 23.9. The summed E-state index contributed by atoms with van der Waals surface area (Å²) >= 11 is 5.90. The van der Waals surface area contributed by atoms with Crippen LogP contribution in [0.5, 0.6) is 11.5 Å². The molecule has 0 fully saturated rings. The molecule has 3 N–H and O–H groups in total. The predicted octanol–water partition coefficient (Wildman–Crippen LogP) is 2.94. The fraction of sp³-hybridized carbons (Fsp3) is 0.0938. The maximum atomic E-state index is 13.7. The Balaban J connectivity index is 0.00000605. The molecule has 0 spiro atoms. The molecule has 20 heteroatoms. The minimum absolute atomic E-state index is 0. The fourth-order valence-corrected chi connectivity index (χ4v) is 8.09. The van der Waals surface area contributed by atoms with E-state index in [0.29, 0.717) is 0 Å². The van der Waals surface area contributed by atoms with Crippen LogP contribution < -0.4 is 48.2 Å². The number of nitrogens with zero attached hydrogens (tertiary/aromatic N) is 4. The van der Waals surface area contributed by atoms with Crippen LogP contribution in [0.15, 0.2) is 122 Å². The van der Waals surface area contributed by atoms with E-state index in [2.05, 4.69) is 10.2 Å². The smallest absolute Gasteiger partial charge is 0.744 e. The number of phenols is 1. The second-order valence-corrected chi connectivity index (χ2v) is 15.8. The zero-order valence-electron chi connectivity index (χ0n) is 27.5. The normalized spacial score (nSPS) is 12.0. The molecule has 5 aromatic carbocycles. The summed E-state index contributed by atoms with van der Waals surface area (Å²) in [4.78, 5) is 10.3. The number of aromatic hydroxyl groups is 1. The second-order valence-electron chi connectivity index (χ2n) is 10.7. The van der Waals surface area contributed by atoms with Gasteiger partial charge in [-0.15, -0.1) is 10.2 Å². The number of nitrogens with two attached hydrogens (primary N) is 1. The van der Waals surface area contributed by atoms with Gasteiger partial charge in [0, 0.05) is 31.3 Å². The Kier molecular flexibility index (Phi) is 12.3. The third kappa shape index (κ3) is 8.50. The molecule has 266 valence electrons. The molecule has 1 amide bonds. The number of anilines is 3. The Morgan fingerprint density at radius 2 is 1.48 bits per heavy atom. The Morgan fingerprint density at radius 3 is 2.08 bits per heavy atom. The Hall–Kier alpha value is -4.27. The first-order valence-electron chi connectivity index (χ1n) is 14.6. The van der Waals surface area contributed by atoms with Gasteiger partial charge >= 0.3 is 39.7 Å². The summed E-state index contributed by atoms with van der Waals surface area (Å²) < 4.78 is 95.1. The first-order valence-corrected chi connectivity index (χ1v) is 19.2. The van der Waals surface area contributed by atoms with Crippen LogP contribution >= 0.6 is 11.8 Å². The minimum Gasteiger partial charge on any atom is -0.744 e. The molecule has 0 saturated carbocycles. The summed E-state index contributed by atoms with van der Waals surface area (Å²) in [6, 6.07) is 20.4. The number of carbonyl (C=O) groups is 1. The number of nitrogen functional groups attached to an aromatic ring is 1. The van der Waals surface area contributed by atoms with E-state index in [1.165, 1.54) is 85.8 Å². The zero-order chi connectivity index (χ0) is 37.3. The summed E-state index contributed by atoms with van der Waals surface area (Å²) in [5, 5.41) is 19.6. The topological polar surface area (TPSA) is 229 Å². The van der Waals surface area contributed by atoms with Gasteiger partial charge in [0.2, 0.25) is 5.91 Å². The summed E-state index contributed by atoms with van der Waals surface area (Å²) in [5.41, 5.74) is 6.32. The van der Waals surface area contributed by atoms with Crippen molar-refractivity contribution in [2.75, 3.05) is 21.0 Å². The van der Waals surface area contributed by atoms with Gasteiger partial charge in [-0.2, -0.15) is 8.42 Å². The third-order valence-corrected chi connectivity index (χ3v) is 11.8. The SMILES string of the molecule is CCN(c1ccc(S(=O)(=O)[O-])cc1)S(=O)(=O)c1cc(O)c2c(N=Nc3ccccc3S(=O)(=O)Oc3ccc(N(Cl)C(C)=O)cc3)c(N)ccc2c1.[Na+]. The first kappa shape index (κ1) is 40.5. The van der Waals surface area contributed by atoms with E-state index in [0.717, 1.165) is 26.9 Å². The Bertz CT molecular complexity index is 2520. The molecular formula is C32H27ClN5NaO10S3. The fourth-order valence-electron chi connectivity index (χ4n) is 4.91. The summed E-state index contributed by atoms with van der Waals surface area (Å²) in [5.74, 6) is -1.07. The van der Waals surface area contributed by atoms with Crippen molar-refractivity contribution in [1.82, 2.24) is 0 Å². The van der Waals surface area contributed by atoms with Crippen LogP contribution in [0, 0.1) is 0 Å². The number of carbonyl (C=O) groups excluding carboxylic acids is 1. The second kappa shape index (κ2) is 15.8. The number of benzene rings is 5. The molecule has 52 heavy (non-hydrogen) atoms. The molecule has 5 rings (SSSR count). The molecule has 0 saturated heterocycles. The summed E-state index contributed by atoms with van der Waals surface area (Å²) in [6.07, 6.45) is 0. The van der Waals surface area contributed by atoms with Crippen molar-refractivity contribution in [3.8, 4) is 11.5 Å².